The Hall–Kier alpha value is -8.86. The molecule has 3 aliphatic rings. The summed E-state index contributed by atoms with van der Waals surface area (Å²) in [5, 5.41) is 39.9. The molecule has 0 radical (unpaired) electrons. The quantitative estimate of drug-likeness (QED) is 0.0798. The monoisotopic (exact) mass is 872 g/mol. The molecule has 0 bridgehead atoms. The van der Waals surface area contributed by atoms with Gasteiger partial charge in [0.05, 0.1) is 9.75 Å². The molecule has 2 aliphatic carbocycles. The smallest absolute Gasteiger partial charge is 0.367 e. The lowest BCUT2D eigenvalue weighted by Gasteiger charge is -2.33. The van der Waals surface area contributed by atoms with Crippen LogP contribution in [0.15, 0.2) is 142 Å². The Morgan fingerprint density at radius 2 is 0.969 bits per heavy atom. The highest BCUT2D eigenvalue weighted by Gasteiger charge is 2.59. The number of hydrogen-bond donors (Lipinski definition) is 0. The molecule has 2 aromatic heterocycles. The number of ketones is 2. The summed E-state index contributed by atoms with van der Waals surface area (Å²) in [6, 6.07) is 40.8. The molecule has 6 aromatic rings. The third kappa shape index (κ3) is 6.76. The molecule has 3 heterocycles. The molecular formula is C49H24N6O7S2. The van der Waals surface area contributed by atoms with Gasteiger partial charge in [-0.25, -0.2) is 19.6 Å². The van der Waals surface area contributed by atoms with Gasteiger partial charge >= 0.3 is 17.5 Å². The maximum Gasteiger partial charge on any atom is 0.367 e. The summed E-state index contributed by atoms with van der Waals surface area (Å²) in [6.07, 6.45) is 0. The van der Waals surface area contributed by atoms with E-state index in [-0.39, 0.29) is 84.2 Å². The van der Waals surface area contributed by atoms with Crippen molar-refractivity contribution < 1.29 is 33.4 Å². The first kappa shape index (κ1) is 40.5. The van der Waals surface area contributed by atoms with Gasteiger partial charge in [0.15, 0.2) is 0 Å². The van der Waals surface area contributed by atoms with Gasteiger partial charge in [0.2, 0.25) is 11.6 Å². The van der Waals surface area contributed by atoms with Crippen molar-refractivity contribution in [2.45, 2.75) is 18.8 Å². The zero-order valence-corrected chi connectivity index (χ0v) is 34.5. The van der Waals surface area contributed by atoms with Crippen molar-refractivity contribution in [1.29, 1.82) is 21.0 Å². The predicted molar refractivity (Wildman–Crippen MR) is 234 cm³/mol. The number of nitrogens with zero attached hydrogens (tertiary/aromatic N) is 6. The standard InChI is InChI=1S/C49H24N6O7S2/c50-21-29(22-51)39-31-15-7-9-17-33(31)43(56)41(39)54-37-19-35-45(63-37)46-36(20-38(64-46)55-42-40(30(23-52)24-53)32-16-8-10-18-34(32)44(42)57)62-49(35,47(58)60-25-27-11-3-1-4-12-27)48(59)61-26-28-13-5-2-6-14-28/h1-20H,25-26H2/b54-41-,55-42-. The van der Waals surface area contributed by atoms with Crippen LogP contribution in [-0.4, -0.2) is 34.9 Å². The van der Waals surface area contributed by atoms with E-state index in [1.165, 1.54) is 12.1 Å². The number of allylic oxidation sites excluding steroid dienone is 4. The Labute approximate surface area is 371 Å². The second-order valence-corrected chi connectivity index (χ2v) is 16.2. The summed E-state index contributed by atoms with van der Waals surface area (Å²) in [5.74, 6) is -3.39. The van der Waals surface area contributed by atoms with Crippen molar-refractivity contribution in [2.24, 2.45) is 9.98 Å². The molecule has 0 fully saturated rings. The molecule has 0 atom stereocenters. The van der Waals surface area contributed by atoms with E-state index < -0.39 is 29.1 Å². The number of aliphatic imine (C=N–C) groups is 2. The van der Waals surface area contributed by atoms with Crippen LogP contribution in [0.3, 0.4) is 0 Å². The fourth-order valence-electron chi connectivity index (χ4n) is 7.52. The Morgan fingerprint density at radius 1 is 0.562 bits per heavy atom. The topological polar surface area (TPSA) is 216 Å². The largest absolute Gasteiger partial charge is 0.458 e. The SMILES string of the molecule is N#CC(C#N)=C1/C(=N/c2cc3c(s2)-c2sc(/N=C4\C(=O)c5ccccc5C4=C(C#N)C#N)cc2C(C(=O)OCc2ccccc2)(C(=O)OCc2ccccc2)O3)C(=O)c2ccccc21. The molecule has 304 valence electrons. The highest BCUT2D eigenvalue weighted by molar-refractivity contribution is 7.26. The van der Waals surface area contributed by atoms with Gasteiger partial charge < -0.3 is 14.2 Å². The molecule has 9 rings (SSSR count). The summed E-state index contributed by atoms with van der Waals surface area (Å²) >= 11 is 2.00. The lowest BCUT2D eigenvalue weighted by Crippen LogP contribution is -2.51. The van der Waals surface area contributed by atoms with Crippen LogP contribution in [-0.2, 0) is 37.9 Å². The van der Waals surface area contributed by atoms with Crippen molar-refractivity contribution >= 4 is 78.8 Å². The van der Waals surface area contributed by atoms with E-state index in [4.69, 9.17) is 19.2 Å². The highest BCUT2D eigenvalue weighted by atomic mass is 32.1. The van der Waals surface area contributed by atoms with Crippen molar-refractivity contribution in [3.8, 4) is 39.8 Å². The Bertz CT molecular complexity index is 3240. The number of carbonyl (C=O) groups excluding carboxylic acids is 4. The summed E-state index contributed by atoms with van der Waals surface area (Å²) in [6.45, 7) is -0.518. The van der Waals surface area contributed by atoms with Crippen molar-refractivity contribution in [1.82, 2.24) is 0 Å². The van der Waals surface area contributed by atoms with Crippen molar-refractivity contribution in [3.63, 3.8) is 0 Å². The minimum Gasteiger partial charge on any atom is -0.458 e. The average Bonchev–Trinajstić information content (AvgIpc) is 4.08. The Kier molecular flexibility index (Phi) is 10.5. The molecule has 64 heavy (non-hydrogen) atoms. The van der Waals surface area contributed by atoms with Gasteiger partial charge in [0.1, 0.15) is 75.8 Å². The summed E-state index contributed by atoms with van der Waals surface area (Å²) in [5.41, 5.74) is -1.26. The maximum absolute atomic E-state index is 14.8. The number of esters is 2. The summed E-state index contributed by atoms with van der Waals surface area (Å²) in [4.78, 5) is 67.3. The second kappa shape index (κ2) is 16.5. The molecule has 15 heteroatoms. The zero-order valence-electron chi connectivity index (χ0n) is 32.8. The average molecular weight is 873 g/mol. The molecule has 1 aliphatic heterocycles. The lowest BCUT2D eigenvalue weighted by molar-refractivity contribution is -0.183. The number of thiophene rings is 2. The number of Topliss-reactive ketones (excluding diaryl/α,β-unsaturated/α-hetero) is 2. The third-order valence-electron chi connectivity index (χ3n) is 10.4. The highest BCUT2D eigenvalue weighted by Crippen LogP contribution is 2.57. The van der Waals surface area contributed by atoms with Crippen LogP contribution >= 0.6 is 22.7 Å². The summed E-state index contributed by atoms with van der Waals surface area (Å²) in [7, 11) is 0. The van der Waals surface area contributed by atoms with Gasteiger partial charge in [-0.15, -0.1) is 22.7 Å². The van der Waals surface area contributed by atoms with Crippen molar-refractivity contribution in [2.75, 3.05) is 0 Å². The van der Waals surface area contributed by atoms with E-state index in [1.807, 2.05) is 24.3 Å². The molecular weight excluding hydrogens is 849 g/mol. The van der Waals surface area contributed by atoms with E-state index in [9.17, 15) is 40.2 Å². The van der Waals surface area contributed by atoms with Crippen LogP contribution in [0.5, 0.6) is 5.75 Å². The van der Waals surface area contributed by atoms with Crippen LogP contribution in [0.1, 0.15) is 48.5 Å². The number of benzene rings is 4. The number of carbonyl (C=O) groups is 4. The minimum atomic E-state index is -2.64. The number of fused-ring (bicyclic) bond motifs is 5. The normalized spacial score (nSPS) is 15.1. The molecule has 0 amide bonds. The van der Waals surface area contributed by atoms with Gasteiger partial charge in [-0.1, -0.05) is 109 Å². The van der Waals surface area contributed by atoms with Crippen LogP contribution in [0.2, 0.25) is 0 Å². The predicted octanol–water partition coefficient (Wildman–Crippen LogP) is 9.09. The third-order valence-corrected chi connectivity index (χ3v) is 12.6. The molecule has 4 aromatic carbocycles. The zero-order chi connectivity index (χ0) is 44.5. The van der Waals surface area contributed by atoms with Crippen LogP contribution in [0.25, 0.3) is 20.9 Å². The van der Waals surface area contributed by atoms with Crippen LogP contribution < -0.4 is 4.74 Å². The minimum absolute atomic E-state index is 0.0262. The molecule has 13 nitrogen and oxygen atoms in total. The van der Waals surface area contributed by atoms with E-state index in [2.05, 4.69) is 4.99 Å². The van der Waals surface area contributed by atoms with Gasteiger partial charge in [-0.2, -0.15) is 21.0 Å². The molecule has 0 N–H and O–H groups in total. The number of ether oxygens (including phenoxy) is 3. The fourth-order valence-corrected chi connectivity index (χ4v) is 9.71. The lowest BCUT2D eigenvalue weighted by atomic mass is 9.91. The van der Waals surface area contributed by atoms with E-state index in [0.717, 1.165) is 22.7 Å². The van der Waals surface area contributed by atoms with Crippen LogP contribution in [0, 0.1) is 45.3 Å². The molecule has 0 saturated heterocycles. The molecule has 0 saturated carbocycles. The number of nitriles is 4. The Morgan fingerprint density at radius 3 is 1.42 bits per heavy atom. The first-order chi connectivity index (χ1) is 31.2. The Balaban J connectivity index is 1.24. The second-order valence-electron chi connectivity index (χ2n) is 14.1. The van der Waals surface area contributed by atoms with Crippen LogP contribution in [0.4, 0.5) is 10.0 Å². The number of hydrogen-bond acceptors (Lipinski definition) is 15. The van der Waals surface area contributed by atoms with E-state index in [1.54, 1.807) is 109 Å². The number of rotatable bonds is 8. The van der Waals surface area contributed by atoms with E-state index in [0.29, 0.717) is 27.1 Å². The van der Waals surface area contributed by atoms with Gasteiger partial charge in [-0.3, -0.25) is 9.59 Å². The van der Waals surface area contributed by atoms with Gasteiger partial charge in [-0.05, 0) is 28.3 Å². The van der Waals surface area contributed by atoms with Gasteiger partial charge in [0.25, 0.3) is 0 Å². The summed E-state index contributed by atoms with van der Waals surface area (Å²) < 4.78 is 18.3. The molecule has 0 spiro atoms. The van der Waals surface area contributed by atoms with Gasteiger partial charge in [0, 0.05) is 33.9 Å². The maximum atomic E-state index is 14.8. The van der Waals surface area contributed by atoms with Crippen molar-refractivity contribution in [3.05, 3.63) is 171 Å². The first-order valence-corrected chi connectivity index (χ1v) is 20.8. The first-order valence-electron chi connectivity index (χ1n) is 19.2. The molecule has 0 unspecified atom stereocenters. The van der Waals surface area contributed by atoms with E-state index >= 15 is 0 Å². The fraction of sp³-hybridized carbons (Fsp3) is 0.0612.